The third-order valence-electron chi connectivity index (χ3n) is 8.50. The summed E-state index contributed by atoms with van der Waals surface area (Å²) < 4.78 is 38.8. The summed E-state index contributed by atoms with van der Waals surface area (Å²) in [5, 5.41) is 0.269. The first-order chi connectivity index (χ1) is 22.5. The summed E-state index contributed by atoms with van der Waals surface area (Å²) in [6, 6.07) is 6.86. The van der Waals surface area contributed by atoms with E-state index >= 15 is 8.78 Å². The monoisotopic (exact) mass is 658 g/mol. The van der Waals surface area contributed by atoms with Crippen LogP contribution < -0.4 is 10.6 Å². The van der Waals surface area contributed by atoms with Gasteiger partial charge in [0.2, 0.25) is 0 Å². The van der Waals surface area contributed by atoms with E-state index < -0.39 is 29.0 Å². The predicted molar refractivity (Wildman–Crippen MR) is 186 cm³/mol. The summed E-state index contributed by atoms with van der Waals surface area (Å²) in [6.45, 7) is 21.6. The molecule has 1 aromatic carbocycles. The summed E-state index contributed by atoms with van der Waals surface area (Å²) in [5.74, 6) is -1.32. The average molecular weight is 659 g/mol. The van der Waals surface area contributed by atoms with Crippen LogP contribution in [-0.2, 0) is 4.74 Å². The second-order valence-electron chi connectivity index (χ2n) is 14.1. The Morgan fingerprint density at radius 2 is 1.69 bits per heavy atom. The maximum Gasteiger partial charge on any atom is 0.410 e. The second-order valence-corrected chi connectivity index (χ2v) is 14.1. The molecular formula is C37H44F2N6O3. The van der Waals surface area contributed by atoms with Gasteiger partial charge in [0.15, 0.2) is 11.5 Å². The van der Waals surface area contributed by atoms with E-state index in [1.807, 2.05) is 73.3 Å². The van der Waals surface area contributed by atoms with Crippen LogP contribution in [0.4, 0.5) is 19.4 Å². The molecule has 0 bridgehead atoms. The van der Waals surface area contributed by atoms with Crippen LogP contribution in [0, 0.1) is 11.6 Å². The van der Waals surface area contributed by atoms with Gasteiger partial charge in [-0.3, -0.25) is 4.98 Å². The van der Waals surface area contributed by atoms with E-state index in [4.69, 9.17) is 9.72 Å². The van der Waals surface area contributed by atoms with E-state index in [1.54, 1.807) is 17.2 Å². The zero-order valence-electron chi connectivity index (χ0n) is 29.1. The quantitative estimate of drug-likeness (QED) is 0.208. The minimum atomic E-state index is -0.781. The number of carbonyl (C=O) groups excluding carboxylic acids is 1. The number of aromatic nitrogens is 4. The molecule has 4 aromatic rings. The van der Waals surface area contributed by atoms with E-state index in [-0.39, 0.29) is 65.1 Å². The van der Waals surface area contributed by atoms with Crippen molar-refractivity contribution in [2.75, 3.05) is 18.0 Å². The highest BCUT2D eigenvalue weighted by Crippen LogP contribution is 2.37. The van der Waals surface area contributed by atoms with Gasteiger partial charge in [-0.1, -0.05) is 52.5 Å². The number of amides is 1. The lowest BCUT2D eigenvalue weighted by Gasteiger charge is -2.45. The van der Waals surface area contributed by atoms with Gasteiger partial charge in [-0.15, -0.1) is 0 Å². The highest BCUT2D eigenvalue weighted by Gasteiger charge is 2.37. The number of ether oxygens (including phenoxy) is 1. The number of halogens is 2. The number of hydrogen-bond acceptors (Lipinski definition) is 7. The molecular weight excluding hydrogens is 614 g/mol. The molecule has 4 heterocycles. The summed E-state index contributed by atoms with van der Waals surface area (Å²) >= 11 is 0. The number of piperazine rings is 1. The molecule has 0 spiro atoms. The number of anilines is 1. The Morgan fingerprint density at radius 3 is 2.27 bits per heavy atom. The molecule has 0 saturated carbocycles. The predicted octanol–water partition coefficient (Wildman–Crippen LogP) is 7.84. The van der Waals surface area contributed by atoms with Crippen LogP contribution in [0.1, 0.15) is 91.0 Å². The Morgan fingerprint density at radius 1 is 1.02 bits per heavy atom. The van der Waals surface area contributed by atoms with Gasteiger partial charge in [0.25, 0.3) is 0 Å². The number of hydrogen-bond donors (Lipinski definition) is 0. The van der Waals surface area contributed by atoms with Gasteiger partial charge in [0.05, 0.1) is 16.8 Å². The first-order valence-electron chi connectivity index (χ1n) is 16.3. The van der Waals surface area contributed by atoms with Crippen molar-refractivity contribution in [3.05, 3.63) is 82.0 Å². The zero-order chi connectivity index (χ0) is 35.2. The first-order valence-corrected chi connectivity index (χ1v) is 16.3. The number of nitrogens with zero attached hydrogens (tertiary/aromatic N) is 6. The van der Waals surface area contributed by atoms with Crippen LogP contribution in [0.3, 0.4) is 0 Å². The fourth-order valence-electron chi connectivity index (χ4n) is 6.47. The molecule has 1 amide bonds. The van der Waals surface area contributed by atoms with Gasteiger partial charge in [-0.2, -0.15) is 4.98 Å². The van der Waals surface area contributed by atoms with Gasteiger partial charge in [-0.25, -0.2) is 27.9 Å². The van der Waals surface area contributed by atoms with Gasteiger partial charge in [0, 0.05) is 36.9 Å². The standard InChI is InChI=1S/C37H44F2N6O3/c1-11-24-13-12-14-27(38)29(24)31-28(39)17-26-33(41-31)45(32-25(20(2)3)15-16-40-30(32)21(4)5)35(46)42-34(26)44-22(6)18-43(19-23(44)7)36(47)48-37(8,9)10/h11-17,20-23H,1,18-19H2,2-10H3/t22-,23-/m0/s1. The summed E-state index contributed by atoms with van der Waals surface area (Å²) in [5.41, 5.74) is 0.877. The van der Waals surface area contributed by atoms with Crippen molar-refractivity contribution in [1.29, 1.82) is 0 Å². The minimum absolute atomic E-state index is 0.0121. The Kier molecular flexibility index (Phi) is 9.45. The summed E-state index contributed by atoms with van der Waals surface area (Å²) in [7, 11) is 0. The van der Waals surface area contributed by atoms with Crippen LogP contribution in [0.5, 0.6) is 0 Å². The number of pyridine rings is 2. The third-order valence-corrected chi connectivity index (χ3v) is 8.50. The van der Waals surface area contributed by atoms with Crippen molar-refractivity contribution >= 4 is 29.0 Å². The van der Waals surface area contributed by atoms with Gasteiger partial charge in [-0.05, 0) is 75.8 Å². The smallest absolute Gasteiger partial charge is 0.410 e. The van der Waals surface area contributed by atoms with Crippen molar-refractivity contribution < 1.29 is 18.3 Å². The topological polar surface area (TPSA) is 93.5 Å². The second kappa shape index (κ2) is 13.1. The molecule has 9 nitrogen and oxygen atoms in total. The molecule has 1 aliphatic heterocycles. The molecule has 254 valence electrons. The summed E-state index contributed by atoms with van der Waals surface area (Å²) in [4.78, 5) is 45.0. The van der Waals surface area contributed by atoms with Crippen molar-refractivity contribution in [3.63, 3.8) is 0 Å². The molecule has 11 heteroatoms. The van der Waals surface area contributed by atoms with Crippen LogP contribution in [0.15, 0.2) is 47.9 Å². The fourth-order valence-corrected chi connectivity index (χ4v) is 6.47. The van der Waals surface area contributed by atoms with E-state index in [2.05, 4.69) is 16.5 Å². The zero-order valence-corrected chi connectivity index (χ0v) is 29.1. The van der Waals surface area contributed by atoms with Crippen molar-refractivity contribution in [1.82, 2.24) is 24.4 Å². The highest BCUT2D eigenvalue weighted by atomic mass is 19.1. The lowest BCUT2D eigenvalue weighted by Crippen LogP contribution is -2.59. The van der Waals surface area contributed by atoms with Crippen LogP contribution >= 0.6 is 0 Å². The lowest BCUT2D eigenvalue weighted by molar-refractivity contribution is 0.0192. The molecule has 0 unspecified atom stereocenters. The van der Waals surface area contributed by atoms with Crippen molar-refractivity contribution in [2.45, 2.75) is 91.8 Å². The average Bonchev–Trinajstić information content (AvgIpc) is 2.99. The van der Waals surface area contributed by atoms with Gasteiger partial charge < -0.3 is 14.5 Å². The van der Waals surface area contributed by atoms with Crippen LogP contribution in [0.25, 0.3) is 34.1 Å². The molecule has 1 aliphatic rings. The largest absolute Gasteiger partial charge is 0.444 e. The molecule has 0 N–H and O–H groups in total. The Labute approximate surface area is 280 Å². The van der Waals surface area contributed by atoms with E-state index in [0.29, 0.717) is 16.9 Å². The van der Waals surface area contributed by atoms with E-state index in [9.17, 15) is 9.59 Å². The minimum Gasteiger partial charge on any atom is -0.444 e. The molecule has 3 aromatic heterocycles. The third kappa shape index (κ3) is 6.42. The molecule has 2 atom stereocenters. The normalized spacial score (nSPS) is 17.0. The van der Waals surface area contributed by atoms with Crippen molar-refractivity contribution in [3.8, 4) is 16.9 Å². The fraction of sp³-hybridized carbons (Fsp3) is 0.432. The first kappa shape index (κ1) is 34.7. The molecule has 0 aliphatic carbocycles. The summed E-state index contributed by atoms with van der Waals surface area (Å²) in [6.07, 6.45) is 2.72. The Hall–Kier alpha value is -4.67. The van der Waals surface area contributed by atoms with Crippen molar-refractivity contribution in [2.24, 2.45) is 0 Å². The van der Waals surface area contributed by atoms with E-state index in [1.165, 1.54) is 28.8 Å². The van der Waals surface area contributed by atoms with Crippen LogP contribution in [-0.4, -0.2) is 61.3 Å². The van der Waals surface area contributed by atoms with Gasteiger partial charge in [0.1, 0.15) is 22.9 Å². The molecule has 1 fully saturated rings. The van der Waals surface area contributed by atoms with Crippen LogP contribution in [0.2, 0.25) is 0 Å². The molecule has 1 saturated heterocycles. The van der Waals surface area contributed by atoms with E-state index in [0.717, 1.165) is 5.56 Å². The molecule has 48 heavy (non-hydrogen) atoms. The Bertz CT molecular complexity index is 1910. The maximum atomic E-state index is 16.3. The number of fused-ring (bicyclic) bond motifs is 1. The SMILES string of the molecule is C=Cc1cccc(F)c1-c1nc2c(cc1F)c(N1[C@@H](C)CN(C(=O)OC(C)(C)C)C[C@@H]1C)nc(=O)n2-c1c(C(C)C)ccnc1C(C)C. The lowest BCUT2D eigenvalue weighted by atomic mass is 9.96. The number of carbonyl (C=O) groups is 1. The number of benzene rings is 1. The highest BCUT2D eigenvalue weighted by molar-refractivity contribution is 5.91. The number of rotatable bonds is 6. The Balaban J connectivity index is 1.82. The maximum absolute atomic E-state index is 16.3. The molecule has 5 rings (SSSR count). The molecule has 0 radical (unpaired) electrons. The van der Waals surface area contributed by atoms with Gasteiger partial charge >= 0.3 is 11.8 Å².